The molecule has 2 aliphatic rings. The van der Waals surface area contributed by atoms with Crippen LogP contribution in [0.5, 0.6) is 0 Å². The Labute approximate surface area is 243 Å². The molecule has 4 atom stereocenters. The lowest BCUT2D eigenvalue weighted by Gasteiger charge is -2.39. The molecule has 0 spiro atoms. The van der Waals surface area contributed by atoms with Crippen molar-refractivity contribution in [1.29, 1.82) is 0 Å². The Morgan fingerprint density at radius 3 is 2.46 bits per heavy atom. The van der Waals surface area contributed by atoms with Crippen LogP contribution in [0.15, 0.2) is 47.5 Å². The van der Waals surface area contributed by atoms with Crippen LogP contribution < -0.4 is 16.0 Å². The quantitative estimate of drug-likeness (QED) is 0.241. The van der Waals surface area contributed by atoms with Crippen LogP contribution in [0.4, 0.5) is 5.69 Å². The molecular weight excluding hydrogens is 529 g/mol. The van der Waals surface area contributed by atoms with Gasteiger partial charge in [-0.25, -0.2) is 4.99 Å². The third-order valence-corrected chi connectivity index (χ3v) is 8.36. The van der Waals surface area contributed by atoms with Crippen LogP contribution in [0, 0.1) is 5.92 Å². The summed E-state index contributed by atoms with van der Waals surface area (Å²) in [5.74, 6) is 1.52. The Bertz CT molecular complexity index is 1110. The Morgan fingerprint density at radius 2 is 1.77 bits per heavy atom. The van der Waals surface area contributed by atoms with Crippen LogP contribution in [0.25, 0.3) is 0 Å². The van der Waals surface area contributed by atoms with Crippen molar-refractivity contribution >= 4 is 40.8 Å². The van der Waals surface area contributed by atoms with Gasteiger partial charge < -0.3 is 20.9 Å². The molecular formula is C31H43Cl2N5O. The zero-order chi connectivity index (χ0) is 27.8. The molecule has 2 fully saturated rings. The molecule has 2 unspecified atom stereocenters. The average Bonchev–Trinajstić information content (AvgIpc) is 2.90. The lowest BCUT2D eigenvalue weighted by atomic mass is 9.82. The molecule has 0 aromatic heterocycles. The fourth-order valence-corrected chi connectivity index (χ4v) is 6.39. The second-order valence-electron chi connectivity index (χ2n) is 11.2. The predicted octanol–water partition coefficient (Wildman–Crippen LogP) is 6.77. The van der Waals surface area contributed by atoms with Crippen LogP contribution in [-0.4, -0.2) is 54.5 Å². The number of carbonyl (C=O) groups is 1. The van der Waals surface area contributed by atoms with E-state index in [4.69, 9.17) is 28.2 Å². The minimum atomic E-state index is -0.102. The van der Waals surface area contributed by atoms with Crippen LogP contribution >= 0.6 is 23.2 Å². The number of anilines is 1. The fraction of sp³-hybridized carbons (Fsp3) is 0.548. The number of nitrogens with one attached hydrogen (secondary N) is 3. The number of hydrogen-bond donors (Lipinski definition) is 3. The summed E-state index contributed by atoms with van der Waals surface area (Å²) in [7, 11) is 0. The summed E-state index contributed by atoms with van der Waals surface area (Å²) in [5, 5.41) is 11.5. The first-order valence-corrected chi connectivity index (χ1v) is 15.3. The normalized spacial score (nSPS) is 23.9. The van der Waals surface area contributed by atoms with Crippen LogP contribution in [0.2, 0.25) is 10.0 Å². The number of carbonyl (C=O) groups excluding carboxylic acids is 1. The number of hydrogen-bond acceptors (Lipinski definition) is 3. The van der Waals surface area contributed by atoms with Gasteiger partial charge in [0.05, 0.1) is 6.04 Å². The van der Waals surface area contributed by atoms with E-state index in [1.54, 1.807) is 6.07 Å². The predicted molar refractivity (Wildman–Crippen MR) is 164 cm³/mol. The molecule has 6 nitrogen and oxygen atoms in total. The summed E-state index contributed by atoms with van der Waals surface area (Å²) in [6.07, 6.45) is 8.09. The van der Waals surface area contributed by atoms with Crippen molar-refractivity contribution in [3.63, 3.8) is 0 Å². The maximum atomic E-state index is 12.8. The van der Waals surface area contributed by atoms with Crippen molar-refractivity contribution in [2.24, 2.45) is 10.9 Å². The van der Waals surface area contributed by atoms with Crippen molar-refractivity contribution in [2.45, 2.75) is 83.8 Å². The lowest BCUT2D eigenvalue weighted by molar-refractivity contribution is 0.0954. The Hall–Kier alpha value is -2.28. The first kappa shape index (κ1) is 29.7. The third-order valence-electron chi connectivity index (χ3n) is 7.77. The summed E-state index contributed by atoms with van der Waals surface area (Å²) in [5.41, 5.74) is 2.53. The molecule has 1 saturated carbocycles. The largest absolute Gasteiger partial charge is 0.352 e. The number of nitrogens with zero attached hydrogens (tertiary/aromatic N) is 2. The van der Waals surface area contributed by atoms with E-state index in [-0.39, 0.29) is 5.91 Å². The summed E-state index contributed by atoms with van der Waals surface area (Å²) in [6, 6.07) is 14.3. The summed E-state index contributed by atoms with van der Waals surface area (Å²) in [4.78, 5) is 20.5. The van der Waals surface area contributed by atoms with E-state index < -0.39 is 0 Å². The Kier molecular flexibility index (Phi) is 11.0. The number of piperazine rings is 1. The van der Waals surface area contributed by atoms with Gasteiger partial charge >= 0.3 is 0 Å². The molecule has 2 aromatic rings. The van der Waals surface area contributed by atoms with Gasteiger partial charge in [-0.2, -0.15) is 0 Å². The van der Waals surface area contributed by atoms with Gasteiger partial charge in [-0.3, -0.25) is 4.79 Å². The second kappa shape index (κ2) is 14.4. The molecule has 2 aromatic carbocycles. The maximum absolute atomic E-state index is 12.8. The van der Waals surface area contributed by atoms with Gasteiger partial charge in [0.1, 0.15) is 0 Å². The standard InChI is InChI=1S/C31H43Cl2N5O/c1-4-7-24-8-5-6-9-29(24)37-31(38-19-21(2)35-22(3)20-38)36-27-14-11-25(12-15-27)30(39)34-17-16-23-10-13-26(32)18-28(23)33/h10-15,18,21-22,24,29,35H,4-9,16-17,19-20H2,1-3H3,(H,34,39)(H,36,37)/t21-,22+,24?,29?. The summed E-state index contributed by atoms with van der Waals surface area (Å²) < 4.78 is 0. The van der Waals surface area contributed by atoms with Gasteiger partial charge in [0, 0.05) is 53.0 Å². The minimum absolute atomic E-state index is 0.102. The number of amides is 1. The molecule has 3 N–H and O–H groups in total. The molecule has 1 aliphatic carbocycles. The highest BCUT2D eigenvalue weighted by Gasteiger charge is 2.28. The van der Waals surface area contributed by atoms with Crippen LogP contribution in [0.1, 0.15) is 75.2 Å². The second-order valence-corrected chi connectivity index (χ2v) is 12.0. The molecule has 1 heterocycles. The van der Waals surface area contributed by atoms with Crippen LogP contribution in [-0.2, 0) is 6.42 Å². The van der Waals surface area contributed by atoms with Gasteiger partial charge in [-0.15, -0.1) is 0 Å². The number of benzene rings is 2. The monoisotopic (exact) mass is 571 g/mol. The first-order chi connectivity index (χ1) is 18.8. The molecule has 0 bridgehead atoms. The van der Waals surface area contributed by atoms with E-state index >= 15 is 0 Å². The molecule has 4 rings (SSSR count). The SMILES string of the molecule is CCCC1CCCCC1N=C(Nc1ccc(C(=O)NCCc2ccc(Cl)cc2Cl)cc1)N1C[C@@H](C)N[C@@H](C)C1. The van der Waals surface area contributed by atoms with Crippen molar-refractivity contribution < 1.29 is 4.79 Å². The van der Waals surface area contributed by atoms with Gasteiger partial charge in [-0.05, 0) is 87.4 Å². The number of halogens is 2. The molecule has 0 radical (unpaired) electrons. The van der Waals surface area contributed by atoms with Crippen molar-refractivity contribution in [3.05, 3.63) is 63.6 Å². The Morgan fingerprint density at radius 1 is 1.05 bits per heavy atom. The smallest absolute Gasteiger partial charge is 0.251 e. The molecule has 39 heavy (non-hydrogen) atoms. The van der Waals surface area contributed by atoms with Crippen molar-refractivity contribution in [2.75, 3.05) is 25.0 Å². The van der Waals surface area contributed by atoms with E-state index in [2.05, 4.69) is 41.6 Å². The highest BCUT2D eigenvalue weighted by molar-refractivity contribution is 6.35. The zero-order valence-corrected chi connectivity index (χ0v) is 25.0. The highest BCUT2D eigenvalue weighted by Crippen LogP contribution is 2.31. The van der Waals surface area contributed by atoms with Gasteiger partial charge in [-0.1, -0.05) is 55.5 Å². The van der Waals surface area contributed by atoms with E-state index in [1.807, 2.05) is 36.4 Å². The number of guanidine groups is 1. The summed E-state index contributed by atoms with van der Waals surface area (Å²) >= 11 is 12.2. The third kappa shape index (κ3) is 8.60. The zero-order valence-electron chi connectivity index (χ0n) is 23.5. The average molecular weight is 573 g/mol. The first-order valence-electron chi connectivity index (χ1n) is 14.5. The van der Waals surface area contributed by atoms with E-state index in [9.17, 15) is 4.79 Å². The van der Waals surface area contributed by atoms with Crippen LogP contribution in [0.3, 0.4) is 0 Å². The summed E-state index contributed by atoms with van der Waals surface area (Å²) in [6.45, 7) is 9.07. The molecule has 8 heteroatoms. The molecule has 1 saturated heterocycles. The van der Waals surface area contributed by atoms with E-state index in [1.165, 1.54) is 32.1 Å². The lowest BCUT2D eigenvalue weighted by Crippen LogP contribution is -2.57. The maximum Gasteiger partial charge on any atom is 0.251 e. The Balaban J connectivity index is 1.42. The van der Waals surface area contributed by atoms with Gasteiger partial charge in [0.25, 0.3) is 5.91 Å². The van der Waals surface area contributed by atoms with Gasteiger partial charge in [0.15, 0.2) is 5.96 Å². The number of rotatable bonds is 8. The topological polar surface area (TPSA) is 68.8 Å². The molecule has 1 aliphatic heterocycles. The molecule has 1 amide bonds. The minimum Gasteiger partial charge on any atom is -0.352 e. The fourth-order valence-electron chi connectivity index (χ4n) is 5.89. The number of aliphatic imine (C=N–C) groups is 1. The van der Waals surface area contributed by atoms with Gasteiger partial charge in [0.2, 0.25) is 0 Å². The van der Waals surface area contributed by atoms with E-state index in [0.717, 1.165) is 36.7 Å². The van der Waals surface area contributed by atoms with Crippen molar-refractivity contribution in [3.8, 4) is 0 Å². The molecule has 212 valence electrons. The van der Waals surface area contributed by atoms with E-state index in [0.29, 0.717) is 52.6 Å². The van der Waals surface area contributed by atoms with Crippen molar-refractivity contribution in [1.82, 2.24) is 15.5 Å². The highest BCUT2D eigenvalue weighted by atomic mass is 35.5.